The number of aromatic nitrogens is 2. The van der Waals surface area contributed by atoms with Gasteiger partial charge in [0.2, 0.25) is 0 Å². The highest BCUT2D eigenvalue weighted by Gasteiger charge is 2.15. The number of nitrogens with zero attached hydrogens (tertiary/aromatic N) is 2. The average Bonchev–Trinajstić information content (AvgIpc) is 2.38. The molecule has 4 nitrogen and oxygen atoms in total. The Morgan fingerprint density at radius 3 is 2.61 bits per heavy atom. The number of anilines is 1. The number of carbonyl (C=O) groups excluding carboxylic acids is 1. The Kier molecular flexibility index (Phi) is 3.37. The first kappa shape index (κ1) is 12.2. The fourth-order valence-electron chi connectivity index (χ4n) is 1.65. The molecule has 4 heteroatoms. The van der Waals surface area contributed by atoms with Crippen molar-refractivity contribution in [1.82, 2.24) is 9.97 Å². The maximum absolute atomic E-state index is 11.9. The van der Waals surface area contributed by atoms with E-state index < -0.39 is 0 Å². The Morgan fingerprint density at radius 2 is 2.06 bits per heavy atom. The maximum Gasteiger partial charge on any atom is 0.185 e. The van der Waals surface area contributed by atoms with Crippen LogP contribution in [0.25, 0.3) is 11.1 Å². The van der Waals surface area contributed by atoms with Gasteiger partial charge in [0.25, 0.3) is 0 Å². The fourth-order valence-corrected chi connectivity index (χ4v) is 1.65. The monoisotopic (exact) mass is 241 g/mol. The highest BCUT2D eigenvalue weighted by molar-refractivity contribution is 6.00. The minimum Gasteiger partial charge on any atom is -0.397 e. The molecule has 2 aromatic heterocycles. The lowest BCUT2D eigenvalue weighted by atomic mass is 10.0. The smallest absolute Gasteiger partial charge is 0.185 e. The largest absolute Gasteiger partial charge is 0.397 e. The predicted molar refractivity (Wildman–Crippen MR) is 71.0 cm³/mol. The van der Waals surface area contributed by atoms with Crippen LogP contribution in [0.2, 0.25) is 0 Å². The van der Waals surface area contributed by atoms with Crippen LogP contribution < -0.4 is 5.73 Å². The summed E-state index contributed by atoms with van der Waals surface area (Å²) >= 11 is 0. The first-order chi connectivity index (χ1) is 8.59. The summed E-state index contributed by atoms with van der Waals surface area (Å²) in [5.74, 6) is -0.144. The number of rotatable bonds is 3. The van der Waals surface area contributed by atoms with Crippen molar-refractivity contribution in [3.8, 4) is 11.1 Å². The van der Waals surface area contributed by atoms with E-state index in [1.54, 1.807) is 24.7 Å². The minimum absolute atomic E-state index is 0.0368. The first-order valence-corrected chi connectivity index (χ1v) is 5.79. The van der Waals surface area contributed by atoms with E-state index >= 15 is 0 Å². The molecule has 0 saturated heterocycles. The SMILES string of the molecule is CC(C)C(=O)c1ncc(-c2cccnc2)cc1N. The van der Waals surface area contributed by atoms with Crippen LogP contribution in [0.4, 0.5) is 5.69 Å². The number of Topliss-reactive ketones (excluding diaryl/α,β-unsaturated/α-hetero) is 1. The zero-order valence-corrected chi connectivity index (χ0v) is 10.4. The Balaban J connectivity index is 2.40. The molecule has 0 fully saturated rings. The Bertz CT molecular complexity index is 565. The van der Waals surface area contributed by atoms with Crippen molar-refractivity contribution in [3.63, 3.8) is 0 Å². The molecular weight excluding hydrogens is 226 g/mol. The second kappa shape index (κ2) is 4.96. The molecule has 0 amide bonds. The van der Waals surface area contributed by atoms with Crippen molar-refractivity contribution in [3.05, 3.63) is 42.5 Å². The van der Waals surface area contributed by atoms with Gasteiger partial charge in [-0.1, -0.05) is 19.9 Å². The van der Waals surface area contributed by atoms with Crippen LogP contribution in [-0.4, -0.2) is 15.8 Å². The third-order valence-electron chi connectivity index (χ3n) is 2.67. The zero-order chi connectivity index (χ0) is 13.1. The summed E-state index contributed by atoms with van der Waals surface area (Å²) in [4.78, 5) is 20.1. The summed E-state index contributed by atoms with van der Waals surface area (Å²) in [6.07, 6.45) is 5.10. The topological polar surface area (TPSA) is 68.9 Å². The molecule has 0 spiro atoms. The van der Waals surface area contributed by atoms with Gasteiger partial charge in [0.05, 0.1) is 5.69 Å². The minimum atomic E-state index is -0.107. The van der Waals surface area contributed by atoms with Crippen molar-refractivity contribution in [2.75, 3.05) is 5.73 Å². The van der Waals surface area contributed by atoms with E-state index in [0.717, 1.165) is 11.1 Å². The van der Waals surface area contributed by atoms with E-state index in [4.69, 9.17) is 5.73 Å². The van der Waals surface area contributed by atoms with Crippen LogP contribution in [0.1, 0.15) is 24.3 Å². The lowest BCUT2D eigenvalue weighted by Crippen LogP contribution is -2.12. The lowest BCUT2D eigenvalue weighted by molar-refractivity contribution is 0.0935. The van der Waals surface area contributed by atoms with Gasteiger partial charge in [0.1, 0.15) is 5.69 Å². The standard InChI is InChI=1S/C14H15N3O/c1-9(2)14(18)13-12(15)6-11(8-17-13)10-4-3-5-16-7-10/h3-9H,15H2,1-2H3. The van der Waals surface area contributed by atoms with E-state index in [-0.39, 0.29) is 11.7 Å². The van der Waals surface area contributed by atoms with Crippen LogP contribution in [0.5, 0.6) is 0 Å². The number of nitrogens with two attached hydrogens (primary N) is 1. The number of ketones is 1. The van der Waals surface area contributed by atoms with E-state index in [9.17, 15) is 4.79 Å². The third kappa shape index (κ3) is 2.37. The van der Waals surface area contributed by atoms with E-state index in [1.807, 2.05) is 26.0 Å². The fraction of sp³-hybridized carbons (Fsp3) is 0.214. The molecule has 2 rings (SSSR count). The van der Waals surface area contributed by atoms with E-state index in [1.165, 1.54) is 0 Å². The van der Waals surface area contributed by atoms with Gasteiger partial charge >= 0.3 is 0 Å². The normalized spacial score (nSPS) is 10.6. The molecule has 0 aliphatic rings. The third-order valence-corrected chi connectivity index (χ3v) is 2.67. The first-order valence-electron chi connectivity index (χ1n) is 5.79. The van der Waals surface area contributed by atoms with Crippen LogP contribution in [0.3, 0.4) is 0 Å². The zero-order valence-electron chi connectivity index (χ0n) is 10.4. The van der Waals surface area contributed by atoms with Crippen molar-refractivity contribution >= 4 is 11.5 Å². The number of pyridine rings is 2. The maximum atomic E-state index is 11.9. The van der Waals surface area contributed by atoms with Crippen LogP contribution in [-0.2, 0) is 0 Å². The molecule has 2 aromatic rings. The molecule has 2 N–H and O–H groups in total. The van der Waals surface area contributed by atoms with Crippen LogP contribution in [0.15, 0.2) is 36.8 Å². The predicted octanol–water partition coefficient (Wildman–Crippen LogP) is 2.56. The molecule has 0 aliphatic heterocycles. The van der Waals surface area contributed by atoms with Crippen molar-refractivity contribution < 1.29 is 4.79 Å². The van der Waals surface area contributed by atoms with Gasteiger partial charge in [-0.25, -0.2) is 0 Å². The molecular formula is C14H15N3O. The molecule has 0 bridgehead atoms. The number of hydrogen-bond donors (Lipinski definition) is 1. The summed E-state index contributed by atoms with van der Waals surface area (Å²) < 4.78 is 0. The summed E-state index contributed by atoms with van der Waals surface area (Å²) in [6.45, 7) is 3.66. The highest BCUT2D eigenvalue weighted by Crippen LogP contribution is 2.22. The summed E-state index contributed by atoms with van der Waals surface area (Å²) in [7, 11) is 0. The van der Waals surface area contributed by atoms with Crippen molar-refractivity contribution in [1.29, 1.82) is 0 Å². The molecule has 92 valence electrons. The van der Waals surface area contributed by atoms with Gasteiger partial charge in [-0.15, -0.1) is 0 Å². The van der Waals surface area contributed by atoms with Crippen LogP contribution in [0, 0.1) is 5.92 Å². The summed E-state index contributed by atoms with van der Waals surface area (Å²) in [6, 6.07) is 5.53. The molecule has 0 saturated carbocycles. The van der Waals surface area contributed by atoms with Crippen molar-refractivity contribution in [2.45, 2.75) is 13.8 Å². The Hall–Kier alpha value is -2.23. The molecule has 18 heavy (non-hydrogen) atoms. The number of hydrogen-bond acceptors (Lipinski definition) is 4. The van der Waals surface area contributed by atoms with Gasteiger partial charge in [-0.05, 0) is 12.1 Å². The van der Waals surface area contributed by atoms with Crippen molar-refractivity contribution in [2.24, 2.45) is 5.92 Å². The summed E-state index contributed by atoms with van der Waals surface area (Å²) in [5, 5.41) is 0. The van der Waals surface area contributed by atoms with Gasteiger partial charge in [0, 0.05) is 35.6 Å². The number of carbonyl (C=O) groups is 1. The Labute approximate surface area is 106 Å². The Morgan fingerprint density at radius 1 is 1.28 bits per heavy atom. The number of nitrogen functional groups attached to an aromatic ring is 1. The molecule has 2 heterocycles. The second-order valence-corrected chi connectivity index (χ2v) is 4.42. The molecule has 0 aromatic carbocycles. The van der Waals surface area contributed by atoms with Gasteiger partial charge < -0.3 is 5.73 Å². The summed E-state index contributed by atoms with van der Waals surface area (Å²) in [5.41, 5.74) is 8.44. The van der Waals surface area contributed by atoms with E-state index in [2.05, 4.69) is 9.97 Å². The van der Waals surface area contributed by atoms with Gasteiger partial charge in [-0.2, -0.15) is 0 Å². The molecule has 0 unspecified atom stereocenters. The van der Waals surface area contributed by atoms with Gasteiger partial charge in [-0.3, -0.25) is 14.8 Å². The average molecular weight is 241 g/mol. The quantitative estimate of drug-likeness (QED) is 0.838. The molecule has 0 atom stereocenters. The van der Waals surface area contributed by atoms with Gasteiger partial charge in [0.15, 0.2) is 5.78 Å². The molecule has 0 radical (unpaired) electrons. The second-order valence-electron chi connectivity index (χ2n) is 4.42. The van der Waals surface area contributed by atoms with Crippen LogP contribution >= 0.6 is 0 Å². The lowest BCUT2D eigenvalue weighted by Gasteiger charge is -2.08. The van der Waals surface area contributed by atoms with E-state index in [0.29, 0.717) is 11.4 Å². The molecule has 0 aliphatic carbocycles. The highest BCUT2D eigenvalue weighted by atomic mass is 16.1.